The van der Waals surface area contributed by atoms with Crippen LogP contribution in [0.15, 0.2) is 36.7 Å². The van der Waals surface area contributed by atoms with E-state index in [0.29, 0.717) is 31.0 Å². The van der Waals surface area contributed by atoms with Crippen LogP contribution in [-0.2, 0) is 13.0 Å². The lowest BCUT2D eigenvalue weighted by molar-refractivity contribution is 0.0995. The largest absolute Gasteiger partial charge is 0.477 e. The average molecular weight is 423 g/mol. The fourth-order valence-corrected chi connectivity index (χ4v) is 3.13. The van der Waals surface area contributed by atoms with Gasteiger partial charge in [0.2, 0.25) is 5.88 Å². The van der Waals surface area contributed by atoms with Crippen molar-refractivity contribution in [2.75, 3.05) is 17.7 Å². The van der Waals surface area contributed by atoms with Crippen molar-refractivity contribution in [3.05, 3.63) is 59.3 Å². The molecule has 0 unspecified atom stereocenters. The zero-order valence-electron chi connectivity index (χ0n) is 17.5. The van der Waals surface area contributed by atoms with Gasteiger partial charge in [0.05, 0.1) is 42.1 Å². The molecule has 10 nitrogen and oxygen atoms in total. The minimum atomic E-state index is -0.747. The number of carbonyl (C=O) groups excluding carboxylic acids is 2. The molecule has 3 aromatic heterocycles. The molecule has 0 bridgehead atoms. The molecule has 0 aliphatic heterocycles. The number of primary amides is 1. The van der Waals surface area contributed by atoms with Crippen LogP contribution in [0.1, 0.15) is 52.5 Å². The van der Waals surface area contributed by atoms with Crippen molar-refractivity contribution in [2.45, 2.75) is 33.2 Å². The molecular formula is C21H25N7O3. The van der Waals surface area contributed by atoms with Gasteiger partial charge in [-0.05, 0) is 31.5 Å². The highest BCUT2D eigenvalue weighted by atomic mass is 16.5. The fourth-order valence-electron chi connectivity index (χ4n) is 3.13. The van der Waals surface area contributed by atoms with Crippen LogP contribution in [0.25, 0.3) is 0 Å². The van der Waals surface area contributed by atoms with Crippen molar-refractivity contribution < 1.29 is 14.3 Å². The maximum atomic E-state index is 13.1. The topological polar surface area (TPSA) is 151 Å². The number of hydrogen-bond donors (Lipinski definition) is 3. The first-order chi connectivity index (χ1) is 14.9. The van der Waals surface area contributed by atoms with Crippen LogP contribution in [0.2, 0.25) is 0 Å². The fraction of sp³-hybridized carbons (Fsp3) is 0.286. The third kappa shape index (κ3) is 4.97. The number of carbonyl (C=O) groups is 2. The smallest absolute Gasteiger partial charge is 0.271 e. The van der Waals surface area contributed by atoms with Crippen molar-refractivity contribution >= 4 is 23.2 Å². The van der Waals surface area contributed by atoms with Crippen molar-refractivity contribution in [3.63, 3.8) is 0 Å². The summed E-state index contributed by atoms with van der Waals surface area (Å²) >= 11 is 0. The number of nitrogens with zero attached hydrogens (tertiary/aromatic N) is 4. The Hall–Kier alpha value is -3.95. The number of anilines is 2. The molecule has 0 saturated heterocycles. The Morgan fingerprint density at radius 3 is 2.68 bits per heavy atom. The van der Waals surface area contributed by atoms with E-state index < -0.39 is 11.8 Å². The zero-order valence-corrected chi connectivity index (χ0v) is 17.5. The normalized spacial score (nSPS) is 10.6. The molecule has 0 aliphatic rings. The number of ether oxygens (including phenoxy) is 1. The van der Waals surface area contributed by atoms with Gasteiger partial charge in [-0.2, -0.15) is 5.10 Å². The van der Waals surface area contributed by atoms with E-state index in [-0.39, 0.29) is 22.8 Å². The number of nitrogen functional groups attached to an aromatic ring is 1. The molecule has 2 amide bonds. The summed E-state index contributed by atoms with van der Waals surface area (Å²) in [7, 11) is 0. The Balaban J connectivity index is 2.02. The lowest BCUT2D eigenvalue weighted by Gasteiger charge is -2.12. The Bertz CT molecular complexity index is 1080. The van der Waals surface area contributed by atoms with E-state index in [1.807, 2.05) is 25.1 Å². The van der Waals surface area contributed by atoms with Crippen molar-refractivity contribution in [1.29, 1.82) is 0 Å². The second-order valence-electron chi connectivity index (χ2n) is 6.77. The number of rotatable bonds is 9. The molecule has 0 fully saturated rings. The van der Waals surface area contributed by atoms with Crippen LogP contribution < -0.4 is 21.5 Å². The predicted molar refractivity (Wildman–Crippen MR) is 116 cm³/mol. The van der Waals surface area contributed by atoms with E-state index in [1.165, 1.54) is 12.3 Å². The SMILES string of the molecule is CCCc1c(NC(=O)c2cc(N)cnc2OCC)c(C(N)=O)nn1Cc1ccccn1. The second-order valence-corrected chi connectivity index (χ2v) is 6.77. The van der Waals surface area contributed by atoms with E-state index >= 15 is 0 Å². The van der Waals surface area contributed by atoms with Crippen LogP contribution >= 0.6 is 0 Å². The van der Waals surface area contributed by atoms with Gasteiger partial charge in [-0.25, -0.2) is 4.98 Å². The molecular weight excluding hydrogens is 398 g/mol. The Morgan fingerprint density at radius 2 is 2.03 bits per heavy atom. The average Bonchev–Trinajstić information content (AvgIpc) is 3.08. The number of aromatic nitrogens is 4. The summed E-state index contributed by atoms with van der Waals surface area (Å²) in [6.45, 7) is 4.43. The van der Waals surface area contributed by atoms with Gasteiger partial charge in [0, 0.05) is 6.20 Å². The third-order valence-corrected chi connectivity index (χ3v) is 4.45. The quantitative estimate of drug-likeness (QED) is 0.476. The molecule has 162 valence electrons. The molecule has 0 saturated carbocycles. The molecule has 3 heterocycles. The molecule has 0 aliphatic carbocycles. The van der Waals surface area contributed by atoms with Gasteiger partial charge in [0.25, 0.3) is 11.8 Å². The van der Waals surface area contributed by atoms with Crippen molar-refractivity contribution in [1.82, 2.24) is 19.7 Å². The highest BCUT2D eigenvalue weighted by Crippen LogP contribution is 2.26. The predicted octanol–water partition coefficient (Wildman–Crippen LogP) is 2.01. The van der Waals surface area contributed by atoms with E-state index in [1.54, 1.807) is 17.8 Å². The highest BCUT2D eigenvalue weighted by Gasteiger charge is 2.25. The van der Waals surface area contributed by atoms with Crippen LogP contribution in [0.4, 0.5) is 11.4 Å². The van der Waals surface area contributed by atoms with Gasteiger partial charge in [0.15, 0.2) is 5.69 Å². The molecule has 0 atom stereocenters. The molecule has 0 spiro atoms. The minimum absolute atomic E-state index is 0.0254. The standard InChI is InChI=1S/C21H25N7O3/c1-3-7-16-17(26-20(30)15-10-13(22)11-25-21(15)31-4-2)18(19(23)29)27-28(16)12-14-8-5-6-9-24-14/h5-6,8-11H,3-4,7,12,22H2,1-2H3,(H2,23,29)(H,26,30). The van der Waals surface area contributed by atoms with E-state index in [9.17, 15) is 9.59 Å². The Labute approximate surface area is 179 Å². The van der Waals surface area contributed by atoms with Gasteiger partial charge in [-0.3, -0.25) is 19.3 Å². The summed E-state index contributed by atoms with van der Waals surface area (Å²) in [6.07, 6.45) is 4.41. The molecule has 3 rings (SSSR count). The first-order valence-corrected chi connectivity index (χ1v) is 9.93. The van der Waals surface area contributed by atoms with Crippen LogP contribution in [0.3, 0.4) is 0 Å². The maximum Gasteiger partial charge on any atom is 0.271 e. The molecule has 0 radical (unpaired) electrons. The van der Waals surface area contributed by atoms with Gasteiger partial charge < -0.3 is 21.5 Å². The summed E-state index contributed by atoms with van der Waals surface area (Å²) < 4.78 is 7.08. The Morgan fingerprint density at radius 1 is 1.23 bits per heavy atom. The van der Waals surface area contributed by atoms with Gasteiger partial charge in [0.1, 0.15) is 5.56 Å². The van der Waals surface area contributed by atoms with Crippen molar-refractivity contribution in [2.24, 2.45) is 5.73 Å². The van der Waals surface area contributed by atoms with E-state index in [0.717, 1.165) is 12.1 Å². The second kappa shape index (κ2) is 9.70. The number of nitrogens with two attached hydrogens (primary N) is 2. The molecule has 31 heavy (non-hydrogen) atoms. The molecule has 3 aromatic rings. The van der Waals surface area contributed by atoms with E-state index in [4.69, 9.17) is 16.2 Å². The summed E-state index contributed by atoms with van der Waals surface area (Å²) in [5.74, 6) is -1.13. The van der Waals surface area contributed by atoms with Gasteiger partial charge in [-0.15, -0.1) is 0 Å². The molecule has 10 heteroatoms. The first-order valence-electron chi connectivity index (χ1n) is 9.93. The maximum absolute atomic E-state index is 13.1. The van der Waals surface area contributed by atoms with Crippen LogP contribution in [0.5, 0.6) is 5.88 Å². The van der Waals surface area contributed by atoms with E-state index in [2.05, 4.69) is 20.4 Å². The first kappa shape index (κ1) is 21.8. The van der Waals surface area contributed by atoms with Gasteiger partial charge in [-0.1, -0.05) is 19.4 Å². The zero-order chi connectivity index (χ0) is 22.4. The number of pyridine rings is 2. The lowest BCUT2D eigenvalue weighted by Crippen LogP contribution is -2.19. The van der Waals surface area contributed by atoms with Crippen LogP contribution in [0, 0.1) is 0 Å². The molecule has 5 N–H and O–H groups in total. The summed E-state index contributed by atoms with van der Waals surface area (Å²) in [4.78, 5) is 33.6. The number of amides is 2. The third-order valence-electron chi connectivity index (χ3n) is 4.45. The summed E-state index contributed by atoms with van der Waals surface area (Å²) in [5, 5.41) is 7.14. The number of nitrogens with one attached hydrogen (secondary N) is 1. The van der Waals surface area contributed by atoms with Crippen LogP contribution in [-0.4, -0.2) is 38.2 Å². The number of hydrogen-bond acceptors (Lipinski definition) is 7. The monoisotopic (exact) mass is 423 g/mol. The minimum Gasteiger partial charge on any atom is -0.477 e. The Kier molecular flexibility index (Phi) is 6.81. The summed E-state index contributed by atoms with van der Waals surface area (Å²) in [6, 6.07) is 7.00. The lowest BCUT2D eigenvalue weighted by atomic mass is 10.1. The van der Waals surface area contributed by atoms with Gasteiger partial charge >= 0.3 is 0 Å². The molecule has 0 aromatic carbocycles. The van der Waals surface area contributed by atoms with Crippen molar-refractivity contribution in [3.8, 4) is 5.88 Å². The highest BCUT2D eigenvalue weighted by molar-refractivity contribution is 6.10. The summed E-state index contributed by atoms with van der Waals surface area (Å²) in [5.41, 5.74) is 13.5.